The summed E-state index contributed by atoms with van der Waals surface area (Å²) in [6, 6.07) is 50.1. The Labute approximate surface area is 312 Å². The van der Waals surface area contributed by atoms with Gasteiger partial charge in [-0.1, -0.05) is 114 Å². The number of para-hydroxylation sites is 3. The lowest BCUT2D eigenvalue weighted by atomic mass is 9.60. The molecule has 0 radical (unpaired) electrons. The lowest BCUT2D eigenvalue weighted by molar-refractivity contribution is 0.669. The summed E-state index contributed by atoms with van der Waals surface area (Å²) in [5.41, 5.74) is 17.7. The van der Waals surface area contributed by atoms with Crippen molar-refractivity contribution in [3.05, 3.63) is 140 Å². The van der Waals surface area contributed by atoms with Gasteiger partial charge in [0.05, 0.1) is 11.0 Å². The molecule has 0 atom stereocenters. The van der Waals surface area contributed by atoms with E-state index < -0.39 is 0 Å². The van der Waals surface area contributed by atoms with Gasteiger partial charge in [0.15, 0.2) is 0 Å². The van der Waals surface area contributed by atoms with Gasteiger partial charge < -0.3 is 4.42 Å². The summed E-state index contributed by atoms with van der Waals surface area (Å²) in [6.07, 6.45) is 0. The van der Waals surface area contributed by atoms with Gasteiger partial charge >= 0.3 is 0 Å². The first-order valence-corrected chi connectivity index (χ1v) is 18.4. The van der Waals surface area contributed by atoms with Crippen molar-refractivity contribution in [2.45, 2.75) is 0 Å². The monoisotopic (exact) mass is 672 g/mol. The van der Waals surface area contributed by atoms with Gasteiger partial charge in [0.25, 0.3) is 0 Å². The van der Waals surface area contributed by atoms with Crippen molar-refractivity contribution in [3.8, 4) is 39.3 Å². The molecule has 3 nitrogen and oxygen atoms in total. The molecule has 2 heterocycles. The van der Waals surface area contributed by atoms with E-state index in [-0.39, 0.29) is 0 Å². The van der Waals surface area contributed by atoms with E-state index in [1.54, 1.807) is 0 Å². The van der Waals surface area contributed by atoms with Gasteiger partial charge in [-0.3, -0.25) is 4.57 Å². The standard InChI is InChI=1S/C45H33B5N2O/c46-40-39(41(47)43(49)44(50)42(40)48)45-51-32-16-6-7-17-33(32)52(45)25-22-20-24(21-23-25)36-26-10-1-3-12-28(26)37(29-13-4-2-11-27(29)36)31-15-9-19-35-38(31)30-14-5-8-18-34(30)53-35/h1-23H,46-50H2. The van der Waals surface area contributed by atoms with Crippen LogP contribution in [0.5, 0.6) is 0 Å². The van der Waals surface area contributed by atoms with Crippen LogP contribution in [-0.4, -0.2) is 48.8 Å². The third-order valence-corrected chi connectivity index (χ3v) is 11.8. The molecular formula is C45H33B5N2O. The fourth-order valence-electron chi connectivity index (χ4n) is 8.78. The van der Waals surface area contributed by atoms with Gasteiger partial charge in [-0.15, -0.1) is 16.4 Å². The summed E-state index contributed by atoms with van der Waals surface area (Å²) in [5, 5.41) is 7.19. The number of rotatable bonds is 4. The van der Waals surface area contributed by atoms with Crippen molar-refractivity contribution in [1.82, 2.24) is 9.55 Å². The van der Waals surface area contributed by atoms with Crippen LogP contribution in [0.3, 0.4) is 0 Å². The van der Waals surface area contributed by atoms with Crippen molar-refractivity contribution in [2.24, 2.45) is 0 Å². The van der Waals surface area contributed by atoms with E-state index in [1.807, 2.05) is 6.07 Å². The molecule has 0 aliphatic carbocycles. The second kappa shape index (κ2) is 12.0. The van der Waals surface area contributed by atoms with Gasteiger partial charge in [-0.2, -0.15) is 0 Å². The first-order valence-electron chi connectivity index (χ1n) is 18.4. The molecule has 10 rings (SSSR count). The van der Waals surface area contributed by atoms with Crippen LogP contribution >= 0.6 is 0 Å². The van der Waals surface area contributed by atoms with Crippen molar-refractivity contribution >= 4 is 121 Å². The summed E-state index contributed by atoms with van der Waals surface area (Å²) in [6.45, 7) is 0. The molecule has 0 aliphatic rings. The van der Waals surface area contributed by atoms with Gasteiger partial charge in [-0.25, -0.2) is 4.98 Å². The average Bonchev–Trinajstić information content (AvgIpc) is 3.77. The predicted octanol–water partition coefficient (Wildman–Crippen LogP) is 3.52. The second-order valence-electron chi connectivity index (χ2n) is 14.4. The lowest BCUT2D eigenvalue weighted by Crippen LogP contribution is -2.55. The van der Waals surface area contributed by atoms with Crippen molar-refractivity contribution in [1.29, 1.82) is 0 Å². The van der Waals surface area contributed by atoms with Crippen LogP contribution in [-0.2, 0) is 0 Å². The summed E-state index contributed by atoms with van der Waals surface area (Å²) in [4.78, 5) is 5.29. The van der Waals surface area contributed by atoms with Crippen LogP contribution in [0.4, 0.5) is 0 Å². The highest BCUT2D eigenvalue weighted by atomic mass is 16.3. The average molecular weight is 672 g/mol. The predicted molar refractivity (Wildman–Crippen MR) is 241 cm³/mol. The van der Waals surface area contributed by atoms with Gasteiger partial charge in [0, 0.05) is 22.0 Å². The number of aromatic nitrogens is 2. The maximum absolute atomic E-state index is 6.36. The quantitative estimate of drug-likeness (QED) is 0.212. The van der Waals surface area contributed by atoms with E-state index in [0.29, 0.717) is 0 Å². The molecule has 0 amide bonds. The number of fused-ring (bicyclic) bond motifs is 6. The molecule has 8 aromatic carbocycles. The third kappa shape index (κ3) is 4.65. The maximum Gasteiger partial charge on any atom is 0.144 e. The van der Waals surface area contributed by atoms with Crippen LogP contribution in [0.15, 0.2) is 144 Å². The van der Waals surface area contributed by atoms with Crippen LogP contribution in [0.25, 0.3) is 93.8 Å². The zero-order valence-electron chi connectivity index (χ0n) is 30.6. The van der Waals surface area contributed by atoms with Crippen molar-refractivity contribution < 1.29 is 4.42 Å². The molecule has 0 N–H and O–H groups in total. The Bertz CT molecular complexity index is 3040. The second-order valence-corrected chi connectivity index (χ2v) is 14.4. The Morgan fingerprint density at radius 1 is 0.434 bits per heavy atom. The van der Waals surface area contributed by atoms with Gasteiger partial charge in [-0.05, 0) is 80.2 Å². The Morgan fingerprint density at radius 3 is 1.62 bits per heavy atom. The topological polar surface area (TPSA) is 31.0 Å². The third-order valence-electron chi connectivity index (χ3n) is 11.8. The minimum atomic E-state index is 0.907. The highest BCUT2D eigenvalue weighted by molar-refractivity contribution is 6.68. The molecule has 0 aliphatic heterocycles. The van der Waals surface area contributed by atoms with Crippen LogP contribution in [0.2, 0.25) is 0 Å². The number of hydrogen-bond acceptors (Lipinski definition) is 2. The van der Waals surface area contributed by atoms with E-state index in [9.17, 15) is 0 Å². The highest BCUT2D eigenvalue weighted by Gasteiger charge is 2.22. The molecule has 53 heavy (non-hydrogen) atoms. The van der Waals surface area contributed by atoms with Crippen molar-refractivity contribution in [2.75, 3.05) is 0 Å². The molecule has 0 saturated carbocycles. The van der Waals surface area contributed by atoms with Crippen LogP contribution in [0, 0.1) is 0 Å². The molecule has 0 fully saturated rings. The molecule has 0 unspecified atom stereocenters. The van der Waals surface area contributed by atoms with Crippen LogP contribution in [0.1, 0.15) is 0 Å². The molecule has 8 heteroatoms. The SMILES string of the molecule is Bc1c(B)c(B)c(-c2nc3ccccc3n2-c2ccc(-c3c4ccccc4c(-c4cccc5oc6ccccc6c45)c4ccccc34)cc2)c(B)c1B. The Kier molecular flexibility index (Phi) is 7.13. The van der Waals surface area contributed by atoms with Gasteiger partial charge in [0.1, 0.15) is 56.2 Å². The van der Waals surface area contributed by atoms with E-state index in [1.165, 1.54) is 76.7 Å². The minimum absolute atomic E-state index is 0.907. The summed E-state index contributed by atoms with van der Waals surface area (Å²) in [7, 11) is 11.2. The Balaban J connectivity index is 1.20. The molecule has 244 valence electrons. The number of hydrogen-bond donors (Lipinski definition) is 0. The largest absolute Gasteiger partial charge is 0.456 e. The first kappa shape index (κ1) is 31.6. The van der Waals surface area contributed by atoms with E-state index in [4.69, 9.17) is 9.40 Å². The number of furan rings is 1. The normalized spacial score (nSPS) is 11.8. The van der Waals surface area contributed by atoms with Crippen molar-refractivity contribution in [3.63, 3.8) is 0 Å². The number of nitrogens with zero attached hydrogens (tertiary/aromatic N) is 2. The fourth-order valence-corrected chi connectivity index (χ4v) is 8.78. The Morgan fingerprint density at radius 2 is 0.962 bits per heavy atom. The molecule has 2 aromatic heterocycles. The molecule has 0 saturated heterocycles. The fraction of sp³-hybridized carbons (Fsp3) is 0. The highest BCUT2D eigenvalue weighted by Crippen LogP contribution is 2.47. The molecule has 0 bridgehead atoms. The summed E-state index contributed by atoms with van der Waals surface area (Å²) >= 11 is 0. The number of benzene rings is 8. The summed E-state index contributed by atoms with van der Waals surface area (Å²) in [5.74, 6) is 0.987. The minimum Gasteiger partial charge on any atom is -0.456 e. The Hall–Kier alpha value is -6.13. The lowest BCUT2D eigenvalue weighted by Gasteiger charge is -2.21. The smallest absolute Gasteiger partial charge is 0.144 e. The molecule has 0 spiro atoms. The zero-order chi connectivity index (χ0) is 36.0. The first-order chi connectivity index (χ1) is 25.9. The maximum atomic E-state index is 6.36. The van der Waals surface area contributed by atoms with E-state index in [2.05, 4.69) is 177 Å². The molecule has 10 aromatic rings. The summed E-state index contributed by atoms with van der Waals surface area (Å²) < 4.78 is 8.71. The van der Waals surface area contributed by atoms with E-state index in [0.717, 1.165) is 44.5 Å². The zero-order valence-corrected chi connectivity index (χ0v) is 30.6. The van der Waals surface area contributed by atoms with E-state index >= 15 is 0 Å². The number of imidazole rings is 1. The van der Waals surface area contributed by atoms with Crippen LogP contribution < -0.4 is 27.3 Å². The molecular weight excluding hydrogens is 639 g/mol. The van der Waals surface area contributed by atoms with Gasteiger partial charge in [0.2, 0.25) is 0 Å².